The molecule has 0 heterocycles. The molecule has 15 aromatic rings. The molecule has 15 aromatic carbocycles. The maximum atomic E-state index is 13.0. The van der Waals surface area contributed by atoms with Crippen molar-refractivity contribution in [2.24, 2.45) is 17.0 Å². The lowest BCUT2D eigenvalue weighted by Crippen LogP contribution is -2.26. The van der Waals surface area contributed by atoms with E-state index >= 15 is 0 Å². The van der Waals surface area contributed by atoms with Crippen LogP contribution < -0.4 is 36.4 Å². The number of aryl methyl sites for hydroxylation is 1. The van der Waals surface area contributed by atoms with Crippen LogP contribution in [0.3, 0.4) is 0 Å². The molecular weight excluding hydrogens is 1730 g/mol. The number of rotatable bonds is 24. The van der Waals surface area contributed by atoms with Crippen molar-refractivity contribution < 1.29 is 47.3 Å². The molecule has 0 spiro atoms. The van der Waals surface area contributed by atoms with Crippen molar-refractivity contribution in [2.75, 3.05) is 6.61 Å². The van der Waals surface area contributed by atoms with E-state index in [0.717, 1.165) is 68.2 Å². The minimum atomic E-state index is -2.23. The van der Waals surface area contributed by atoms with E-state index in [1.807, 2.05) is 409 Å². The fraction of sp³-hybridized carbons (Fsp3) is 0.118. The molecule has 16 nitrogen and oxygen atoms in total. The number of para-hydroxylation sites is 1. The third kappa shape index (κ3) is 35.6. The molecular formula is C110H105N5O11PS4-. The van der Waals surface area contributed by atoms with Crippen molar-refractivity contribution in [3.05, 3.63) is 520 Å². The van der Waals surface area contributed by atoms with Gasteiger partial charge < -0.3 is 34.4 Å². The SMILES string of the molecule is CC(C)CCON=O.CC(N)c1ccccc1.CC(NC(=O)c1ccccc1)c1ccccc1.Cc1ccccc1C(=O)NSC(=O)C(c1ccccc1)c1ccccc1.N=[S-](=O)C(=O)C(c1ccccc1)c1ccccc1.O=C(Oc1ccccc1)c1ccccc1P(c1ccccc1)c1ccccc1.O=C(S)C(c1ccccc1)c1ccccc1.O=C(S)c1ccccc1. The number of benzene rings is 15. The first kappa shape index (κ1) is 103. The molecule has 15 rings (SSSR count). The number of nitrogens with one attached hydrogen (secondary N) is 3. The van der Waals surface area contributed by atoms with Gasteiger partial charge in [0.15, 0.2) is 10.5 Å². The standard InChI is InChI=1S/C25H19O2P.C22H19NO2S.C15H15NO.C14H12NO2S.C14H12OS.C8H11N.C7H6OS.C5H11NO2/c26-25(27-20-12-4-1-5-13-20)23-18-10-11-19-24(23)28(21-14-6-2-7-15-21)22-16-8-3-9-17-22;1-16-10-8-9-15-19(16)21(24)23-26-22(25)20(17-11-4-2-5-12-17)18-13-6-3-7-14-18;1-12(13-8-4-2-5-9-13)16-15(17)14-10-6-3-7-11-14;15-18(17)14(16)13(11-7-3-1-4-8-11)12-9-5-2-6-10-12;15-14(16)13(11-7-3-1-4-8-11)12-9-5-2-6-10-12;1-7(9)8-5-3-2-4-6-8;8-7(9)6-4-2-1-3-5-6;1-5(2)3-4-8-6-7/h1-19H;2-15,20H,1H3,(H,23,24);2-12H,1H3,(H,16,17);1-10,13,15H;1-10,13H,(H,15,16);2-7H,9H2,1H3;1-5H,(H,8,9);5H,3-4H2,1-2H3/q;;;-1;;;;. The van der Waals surface area contributed by atoms with E-state index in [1.165, 1.54) is 16.2 Å². The highest BCUT2D eigenvalue weighted by Gasteiger charge is 2.27. The maximum Gasteiger partial charge on any atom is 0.344 e. The van der Waals surface area contributed by atoms with E-state index in [9.17, 15) is 42.7 Å². The average molecular weight is 1830 g/mol. The summed E-state index contributed by atoms with van der Waals surface area (Å²) in [5.41, 5.74) is 16.6. The average Bonchev–Trinajstić information content (AvgIpc) is 0.779. The monoisotopic (exact) mass is 1830 g/mol. The molecule has 0 saturated carbocycles. The van der Waals surface area contributed by atoms with Crippen LogP contribution in [0.25, 0.3) is 0 Å². The van der Waals surface area contributed by atoms with Crippen molar-refractivity contribution >= 4 is 110 Å². The Morgan fingerprint density at radius 2 is 0.733 bits per heavy atom. The topological polar surface area (TPSA) is 258 Å². The van der Waals surface area contributed by atoms with Crippen molar-refractivity contribution in [3.8, 4) is 5.75 Å². The summed E-state index contributed by atoms with van der Waals surface area (Å²) in [5.74, 6) is -0.844. The van der Waals surface area contributed by atoms with Crippen molar-refractivity contribution in [2.45, 2.75) is 70.9 Å². The lowest BCUT2D eigenvalue weighted by Gasteiger charge is -2.21. The normalized spacial score (nSPS) is 10.7. The third-order valence-corrected chi connectivity index (χ3v) is 23.9. The Labute approximate surface area is 786 Å². The molecule has 0 aliphatic heterocycles. The maximum absolute atomic E-state index is 13.0. The summed E-state index contributed by atoms with van der Waals surface area (Å²) < 4.78 is 26.6. The molecule has 5 N–H and O–H groups in total. The lowest BCUT2D eigenvalue weighted by molar-refractivity contribution is -0.112. The molecule has 2 unspecified atom stereocenters. The number of nitrogens with two attached hydrogens (primary N) is 1. The third-order valence-electron chi connectivity index (χ3n) is 19.5. The molecule has 0 bridgehead atoms. The van der Waals surface area contributed by atoms with Crippen molar-refractivity contribution in [3.63, 3.8) is 0 Å². The zero-order valence-corrected chi connectivity index (χ0v) is 77.5. The van der Waals surface area contributed by atoms with Crippen LogP contribution in [0.5, 0.6) is 5.75 Å². The smallest absolute Gasteiger partial charge is 0.344 e. The van der Waals surface area contributed by atoms with Crippen LogP contribution >= 0.6 is 45.1 Å². The molecule has 131 heavy (non-hydrogen) atoms. The van der Waals surface area contributed by atoms with Gasteiger partial charge in [0.2, 0.25) is 10.2 Å². The second-order valence-corrected chi connectivity index (χ2v) is 34.3. The predicted octanol–water partition coefficient (Wildman–Crippen LogP) is 24.1. The van der Waals surface area contributed by atoms with E-state index < -0.39 is 35.5 Å². The molecule has 0 saturated heterocycles. The van der Waals surface area contributed by atoms with Gasteiger partial charge in [-0.05, 0) is 143 Å². The van der Waals surface area contributed by atoms with Crippen LogP contribution in [0.4, 0.5) is 0 Å². The molecule has 2 atom stereocenters. The lowest BCUT2D eigenvalue weighted by atomic mass is 9.92. The Bertz CT molecular complexity index is 5820. The number of carbonyl (C=O) groups excluding carboxylic acids is 7. The van der Waals surface area contributed by atoms with Crippen LogP contribution in [-0.4, -0.2) is 44.9 Å². The number of nitrogens with zero attached hydrogens (tertiary/aromatic N) is 1. The number of esters is 1. The van der Waals surface area contributed by atoms with Gasteiger partial charge in [0.25, 0.3) is 11.8 Å². The first-order chi connectivity index (χ1) is 63.6. The number of thiol groups is 2. The van der Waals surface area contributed by atoms with Crippen molar-refractivity contribution in [1.29, 1.82) is 4.78 Å². The molecule has 0 aromatic heterocycles. The Hall–Kier alpha value is -13.8. The molecule has 0 aliphatic rings. The summed E-state index contributed by atoms with van der Waals surface area (Å²) in [4.78, 5) is 97.8. The summed E-state index contributed by atoms with van der Waals surface area (Å²) in [6.07, 6.45) is 0.895. The molecule has 666 valence electrons. The summed E-state index contributed by atoms with van der Waals surface area (Å²) in [5, 5.41) is 7.60. The van der Waals surface area contributed by atoms with Gasteiger partial charge in [-0.3, -0.25) is 28.7 Å². The minimum absolute atomic E-state index is 0.0175. The Kier molecular flexibility index (Phi) is 45.3. The first-order valence-electron chi connectivity index (χ1n) is 42.1. The quantitative estimate of drug-likeness (QED) is 0.00379. The van der Waals surface area contributed by atoms with Crippen molar-refractivity contribution in [1.82, 2.24) is 10.0 Å². The van der Waals surface area contributed by atoms with E-state index in [4.69, 9.17) is 15.3 Å². The van der Waals surface area contributed by atoms with Gasteiger partial charge in [-0.2, -0.15) is 0 Å². The molecule has 0 aliphatic carbocycles. The van der Waals surface area contributed by atoms with Crippen LogP contribution in [0, 0.1) is 22.5 Å². The zero-order valence-electron chi connectivity index (χ0n) is 73.2. The highest BCUT2D eigenvalue weighted by molar-refractivity contribution is 8.12. The largest absolute Gasteiger partial charge is 0.438 e. The Balaban J connectivity index is 0.000000191. The fourth-order valence-corrected chi connectivity index (χ4v) is 16.9. The zero-order chi connectivity index (χ0) is 93.8. The number of ether oxygens (including phenoxy) is 1. The van der Waals surface area contributed by atoms with E-state index in [0.29, 0.717) is 40.5 Å². The van der Waals surface area contributed by atoms with Gasteiger partial charge in [-0.15, -0.1) is 40.8 Å². The fourth-order valence-electron chi connectivity index (χ4n) is 12.9. The summed E-state index contributed by atoms with van der Waals surface area (Å²) in [6, 6.07) is 140. The van der Waals surface area contributed by atoms with E-state index in [-0.39, 0.29) is 51.1 Å². The van der Waals surface area contributed by atoms with Gasteiger partial charge in [0, 0.05) is 34.7 Å². The van der Waals surface area contributed by atoms with Gasteiger partial charge in [0.1, 0.15) is 12.4 Å². The molecule has 0 radical (unpaired) electrons. The second-order valence-electron chi connectivity index (χ2n) is 29.5. The summed E-state index contributed by atoms with van der Waals surface area (Å²) >= 11 is 8.47. The number of carbonyl (C=O) groups is 7. The van der Waals surface area contributed by atoms with Gasteiger partial charge in [-0.25, -0.2) is 4.79 Å². The van der Waals surface area contributed by atoms with E-state index in [2.05, 4.69) is 83.6 Å². The van der Waals surface area contributed by atoms with Gasteiger partial charge in [-0.1, -0.05) is 420 Å². The van der Waals surface area contributed by atoms with E-state index in [1.54, 1.807) is 30.3 Å². The summed E-state index contributed by atoms with van der Waals surface area (Å²) in [7, 11) is -3.10. The van der Waals surface area contributed by atoms with Crippen LogP contribution in [0.1, 0.15) is 155 Å². The highest BCUT2D eigenvalue weighted by Crippen LogP contribution is 2.36. The predicted molar refractivity (Wildman–Crippen MR) is 541 cm³/mol. The highest BCUT2D eigenvalue weighted by atomic mass is 32.2. The Morgan fingerprint density at radius 3 is 1.08 bits per heavy atom. The van der Waals surface area contributed by atoms with Gasteiger partial charge >= 0.3 is 5.97 Å². The minimum Gasteiger partial charge on any atom is -0.438 e. The number of amides is 2. The summed E-state index contributed by atoms with van der Waals surface area (Å²) in [6.45, 7) is 10.4. The molecule has 21 heteroatoms. The Morgan fingerprint density at radius 1 is 0.405 bits per heavy atom. The van der Waals surface area contributed by atoms with Crippen LogP contribution in [0.15, 0.2) is 448 Å². The molecule has 2 amide bonds. The van der Waals surface area contributed by atoms with Crippen LogP contribution in [-0.2, 0) is 34.0 Å². The second kappa shape index (κ2) is 57.9. The molecule has 0 fully saturated rings. The number of hydrogen-bond donors (Lipinski definition) is 6. The first-order valence-corrected chi connectivity index (χ1v) is 46.3. The number of hydrogen-bond acceptors (Lipinski definition) is 16. The van der Waals surface area contributed by atoms with Crippen LogP contribution in [0.2, 0.25) is 0 Å². The van der Waals surface area contributed by atoms with Gasteiger partial charge in [0.05, 0.1) is 34.5 Å².